The fraction of sp³-hybridized carbons (Fsp3) is 0.379. The van der Waals surface area contributed by atoms with Crippen molar-refractivity contribution < 1.29 is 44.6 Å². The molecule has 0 heterocycles. The molecule has 0 spiro atoms. The quantitative estimate of drug-likeness (QED) is 0.207. The van der Waals surface area contributed by atoms with Gasteiger partial charge in [-0.2, -0.15) is 17.6 Å². The molecule has 3 unspecified atom stereocenters. The van der Waals surface area contributed by atoms with Crippen molar-refractivity contribution in [1.29, 1.82) is 0 Å². The lowest BCUT2D eigenvalue weighted by Gasteiger charge is -2.39. The van der Waals surface area contributed by atoms with Crippen molar-refractivity contribution in [2.24, 2.45) is 11.8 Å². The molecule has 2 nitrogen and oxygen atoms in total. The average Bonchev–Trinajstić information content (AvgIpc) is 2.88. The van der Waals surface area contributed by atoms with Gasteiger partial charge in [0.15, 0.2) is 29.0 Å². The summed E-state index contributed by atoms with van der Waals surface area (Å²) in [6.07, 6.45) is 5.78. The average molecular weight is 559 g/mol. The molecule has 0 saturated carbocycles. The van der Waals surface area contributed by atoms with Gasteiger partial charge >= 0.3 is 0 Å². The largest absolute Gasteiger partial charge is 0.481 e. The molecule has 2 aromatic rings. The van der Waals surface area contributed by atoms with Crippen LogP contribution < -0.4 is 9.47 Å². The van der Waals surface area contributed by atoms with E-state index in [1.54, 1.807) is 32.9 Å². The van der Waals surface area contributed by atoms with Crippen molar-refractivity contribution >= 4 is 0 Å². The molecule has 0 aromatic heterocycles. The number of halogens is 8. The summed E-state index contributed by atoms with van der Waals surface area (Å²) in [5.41, 5.74) is -3.29. The highest BCUT2D eigenvalue weighted by atomic mass is 19.2. The molecule has 3 atom stereocenters. The van der Waals surface area contributed by atoms with Crippen molar-refractivity contribution in [2.45, 2.75) is 59.5 Å². The van der Waals surface area contributed by atoms with Crippen LogP contribution in [0.2, 0.25) is 0 Å². The van der Waals surface area contributed by atoms with Gasteiger partial charge in [-0.3, -0.25) is 0 Å². The van der Waals surface area contributed by atoms with Crippen molar-refractivity contribution in [2.75, 3.05) is 0 Å². The number of hydrogen-bond acceptors (Lipinski definition) is 2. The van der Waals surface area contributed by atoms with Gasteiger partial charge in [0.25, 0.3) is 0 Å². The highest BCUT2D eigenvalue weighted by molar-refractivity contribution is 5.69. The van der Waals surface area contributed by atoms with Crippen LogP contribution >= 0.6 is 0 Å². The van der Waals surface area contributed by atoms with Crippen LogP contribution in [0.15, 0.2) is 35.1 Å². The van der Waals surface area contributed by atoms with Crippen molar-refractivity contribution in [3.05, 3.63) is 81.7 Å². The van der Waals surface area contributed by atoms with E-state index < -0.39 is 80.7 Å². The smallest absolute Gasteiger partial charge is 0.205 e. The fourth-order valence-electron chi connectivity index (χ4n) is 4.87. The predicted molar refractivity (Wildman–Crippen MR) is 129 cm³/mol. The van der Waals surface area contributed by atoms with Crippen molar-refractivity contribution in [1.82, 2.24) is 0 Å². The number of ether oxygens (including phenoxy) is 2. The number of hydrogen-bond donors (Lipinski definition) is 0. The molecule has 10 heteroatoms. The Labute approximate surface area is 220 Å². The first-order chi connectivity index (χ1) is 18.2. The molecular formula is C29H26F8O2. The molecule has 0 aliphatic heterocycles. The van der Waals surface area contributed by atoms with Crippen LogP contribution in [0.5, 0.6) is 11.5 Å². The van der Waals surface area contributed by atoms with E-state index in [0.717, 1.165) is 11.1 Å². The molecule has 39 heavy (non-hydrogen) atoms. The number of rotatable bonds is 5. The van der Waals surface area contributed by atoms with Crippen LogP contribution in [0.3, 0.4) is 0 Å². The molecule has 2 aromatic carbocycles. The van der Waals surface area contributed by atoms with Crippen LogP contribution in [0, 0.1) is 58.4 Å². The maximum atomic E-state index is 15.1. The second kappa shape index (κ2) is 10.4. The molecular weight excluding hydrogens is 532 g/mol. The summed E-state index contributed by atoms with van der Waals surface area (Å²) in [5, 5.41) is 0. The van der Waals surface area contributed by atoms with Crippen LogP contribution in [-0.2, 0) is 0 Å². The zero-order valence-electron chi connectivity index (χ0n) is 21.8. The summed E-state index contributed by atoms with van der Waals surface area (Å²) >= 11 is 0. The Bertz CT molecular complexity index is 1380. The Hall–Kier alpha value is -3.30. The van der Waals surface area contributed by atoms with Gasteiger partial charge in [0.1, 0.15) is 11.4 Å². The van der Waals surface area contributed by atoms with Crippen LogP contribution in [-0.4, -0.2) is 5.60 Å². The molecule has 4 rings (SSSR count). The van der Waals surface area contributed by atoms with E-state index in [0.29, 0.717) is 12.8 Å². The lowest BCUT2D eigenvalue weighted by atomic mass is 9.78. The maximum Gasteiger partial charge on any atom is 0.205 e. The lowest BCUT2D eigenvalue weighted by Crippen LogP contribution is -2.41. The Balaban J connectivity index is 1.82. The van der Waals surface area contributed by atoms with E-state index in [4.69, 9.17) is 9.47 Å². The standard InChI is InChI=1S/C29H26F8O2/c1-12-6-7-16(14(3)10-12)38-27-23(34)19(30)17(20(31)24(27)35)18-21(32)25(36)28(26(37)22(18)33)39-29(5)9-8-13(2)11-15(29)4/h6-8,14-15H,9-11H2,1-5H3. The van der Waals surface area contributed by atoms with Crippen LogP contribution in [0.1, 0.15) is 53.9 Å². The predicted octanol–water partition coefficient (Wildman–Crippen LogP) is 9.23. The van der Waals surface area contributed by atoms with Crippen molar-refractivity contribution in [3.8, 4) is 22.6 Å². The third-order valence-electron chi connectivity index (χ3n) is 7.42. The first-order valence-corrected chi connectivity index (χ1v) is 12.3. The summed E-state index contributed by atoms with van der Waals surface area (Å²) in [6.45, 7) is 8.49. The summed E-state index contributed by atoms with van der Waals surface area (Å²) < 4.78 is 131. The van der Waals surface area contributed by atoms with Crippen LogP contribution in [0.25, 0.3) is 11.1 Å². The third-order valence-corrected chi connectivity index (χ3v) is 7.42. The van der Waals surface area contributed by atoms with Gasteiger partial charge in [-0.1, -0.05) is 37.1 Å². The van der Waals surface area contributed by atoms with E-state index in [1.807, 2.05) is 6.92 Å². The summed E-state index contributed by atoms with van der Waals surface area (Å²) in [4.78, 5) is 0. The maximum absolute atomic E-state index is 15.1. The highest BCUT2D eigenvalue weighted by Gasteiger charge is 2.40. The molecule has 0 bridgehead atoms. The van der Waals surface area contributed by atoms with E-state index in [-0.39, 0.29) is 18.1 Å². The molecule has 210 valence electrons. The van der Waals surface area contributed by atoms with E-state index >= 15 is 26.3 Å². The SMILES string of the molecule is CC1=CC=C(Oc2c(F)c(F)c(-c3c(F)c(F)c(OC4(C)CC=C(C)CC4C)c(F)c3F)c(F)c2F)C(C)C1. The van der Waals surface area contributed by atoms with Gasteiger partial charge in [0.05, 0.1) is 11.1 Å². The Kier molecular flexibility index (Phi) is 7.62. The molecule has 2 aliphatic carbocycles. The summed E-state index contributed by atoms with van der Waals surface area (Å²) in [7, 11) is 0. The molecule has 0 fully saturated rings. The van der Waals surface area contributed by atoms with Crippen LogP contribution in [0.4, 0.5) is 35.1 Å². The van der Waals surface area contributed by atoms with E-state index in [2.05, 4.69) is 0 Å². The van der Waals surface area contributed by atoms with Gasteiger partial charge in [-0.25, -0.2) is 17.6 Å². The first kappa shape index (κ1) is 28.7. The fourth-order valence-corrected chi connectivity index (χ4v) is 4.87. The second-order valence-corrected chi connectivity index (χ2v) is 10.5. The third kappa shape index (κ3) is 4.94. The minimum absolute atomic E-state index is 0.0172. The minimum Gasteiger partial charge on any atom is -0.481 e. The molecule has 0 amide bonds. The molecule has 0 saturated heterocycles. The second-order valence-electron chi connectivity index (χ2n) is 10.5. The first-order valence-electron chi connectivity index (χ1n) is 12.3. The van der Waals surface area contributed by atoms with Gasteiger partial charge in [-0.05, 0) is 45.6 Å². The molecule has 2 aliphatic rings. The number of benzene rings is 2. The normalized spacial score (nSPS) is 23.3. The Morgan fingerprint density at radius 2 is 1.15 bits per heavy atom. The topological polar surface area (TPSA) is 18.5 Å². The summed E-state index contributed by atoms with van der Waals surface area (Å²) in [5.74, 6) is -21.3. The van der Waals surface area contributed by atoms with Gasteiger partial charge < -0.3 is 9.47 Å². The zero-order chi connectivity index (χ0) is 29.0. The molecule has 0 radical (unpaired) electrons. The Morgan fingerprint density at radius 1 is 0.667 bits per heavy atom. The van der Waals surface area contributed by atoms with E-state index in [9.17, 15) is 8.78 Å². The Morgan fingerprint density at radius 3 is 1.62 bits per heavy atom. The van der Waals surface area contributed by atoms with E-state index in [1.165, 1.54) is 13.0 Å². The lowest BCUT2D eigenvalue weighted by molar-refractivity contribution is 0.0211. The number of allylic oxidation sites excluding steroid dienone is 5. The zero-order valence-corrected chi connectivity index (χ0v) is 21.8. The minimum atomic E-state index is -2.29. The highest BCUT2D eigenvalue weighted by Crippen LogP contribution is 2.45. The monoisotopic (exact) mass is 558 g/mol. The van der Waals surface area contributed by atoms with Gasteiger partial charge in [-0.15, -0.1) is 0 Å². The van der Waals surface area contributed by atoms with Gasteiger partial charge in [0, 0.05) is 12.3 Å². The van der Waals surface area contributed by atoms with Crippen molar-refractivity contribution in [3.63, 3.8) is 0 Å². The van der Waals surface area contributed by atoms with Gasteiger partial charge in [0.2, 0.25) is 29.0 Å². The summed E-state index contributed by atoms with van der Waals surface area (Å²) in [6, 6.07) is 0. The molecule has 0 N–H and O–H groups in total.